The quantitative estimate of drug-likeness (QED) is 0.0849. The molecule has 3 aliphatic rings. The van der Waals surface area contributed by atoms with Crippen molar-refractivity contribution in [3.8, 4) is 46.1 Å². The number of aryl methyl sites for hydroxylation is 2. The van der Waals surface area contributed by atoms with Crippen molar-refractivity contribution in [2.75, 3.05) is 43.6 Å². The molecule has 31 heteroatoms. The van der Waals surface area contributed by atoms with Crippen molar-refractivity contribution in [2.45, 2.75) is 71.2 Å². The maximum absolute atomic E-state index is 15.3. The minimum atomic E-state index is -1.33. The molecule has 0 bridgehead atoms. The molecule has 82 heavy (non-hydrogen) atoms. The number of hydrogen-bond donors (Lipinski definition) is 6. The molecule has 3 atom stereocenters. The van der Waals surface area contributed by atoms with Gasteiger partial charge in [-0.25, -0.2) is 23.1 Å². The highest BCUT2D eigenvalue weighted by molar-refractivity contribution is 6.00. The van der Waals surface area contributed by atoms with E-state index >= 15 is 4.39 Å². The average molecular weight is 1130 g/mol. The molecule has 0 spiro atoms. The van der Waals surface area contributed by atoms with Crippen LogP contribution >= 0.6 is 0 Å². The van der Waals surface area contributed by atoms with E-state index in [4.69, 9.17) is 42.4 Å². The Morgan fingerprint density at radius 2 is 1.04 bits per heavy atom. The molecule has 0 radical (unpaired) electrons. The van der Waals surface area contributed by atoms with Crippen LogP contribution in [0.4, 0.5) is 39.0 Å². The molecule has 0 saturated carbocycles. The number of aromatic nitrogens is 15. The van der Waals surface area contributed by atoms with Gasteiger partial charge < -0.3 is 60.0 Å². The number of imidazole rings is 2. The first-order chi connectivity index (χ1) is 39.5. The van der Waals surface area contributed by atoms with E-state index in [-0.39, 0.29) is 104 Å². The predicted molar refractivity (Wildman–Crippen MR) is 286 cm³/mol. The fourth-order valence-electron chi connectivity index (χ4n) is 9.76. The SMILES string of the molecule is C[C@H]1COc2c(CCCn3ccnc3)c(F)c(N)c3c(=O)c(-c4nn[nH]n4)cn1c23.C[C@H]1COc2c(F)c(F)c(N)c3c(=O)c(-c4nn[nH]n4)cn1c23.C[C@H]1COc2c(F)c(F)c(N)c3c(=O)c(C#N)cn1c23.NCCCn1ccnc1. The number of tetrazole rings is 2. The van der Waals surface area contributed by atoms with Crippen LogP contribution in [0.15, 0.2) is 70.4 Å². The van der Waals surface area contributed by atoms with Crippen LogP contribution in [0.1, 0.15) is 62.9 Å². The topological polar surface area (TPSA) is 366 Å². The second-order valence-corrected chi connectivity index (χ2v) is 19.2. The molecule has 10 heterocycles. The van der Waals surface area contributed by atoms with E-state index in [1.807, 2.05) is 39.9 Å². The Hall–Kier alpha value is -10.3. The zero-order valence-electron chi connectivity index (χ0n) is 43.7. The van der Waals surface area contributed by atoms with Crippen LogP contribution < -0.4 is 53.4 Å². The number of aromatic amines is 2. The lowest BCUT2D eigenvalue weighted by molar-refractivity contribution is 0.234. The smallest absolute Gasteiger partial charge is 0.210 e. The Morgan fingerprint density at radius 1 is 0.610 bits per heavy atom. The number of H-pyrrole nitrogens is 2. The van der Waals surface area contributed by atoms with Gasteiger partial charge in [0.05, 0.1) is 80.6 Å². The number of nitriles is 1. The maximum Gasteiger partial charge on any atom is 0.210 e. The highest BCUT2D eigenvalue weighted by Crippen LogP contribution is 2.43. The van der Waals surface area contributed by atoms with Gasteiger partial charge in [-0.3, -0.25) is 14.4 Å². The molecule has 0 amide bonds. The van der Waals surface area contributed by atoms with Gasteiger partial charge in [0.2, 0.25) is 39.6 Å². The van der Waals surface area contributed by atoms with Crippen LogP contribution in [-0.4, -0.2) is 100 Å². The van der Waals surface area contributed by atoms with Crippen molar-refractivity contribution in [1.82, 2.24) is 74.1 Å². The average Bonchev–Trinajstić information content (AvgIpc) is 1.27. The molecule has 10 N–H and O–H groups in total. The number of nitrogen functional groups attached to an aromatic ring is 3. The number of benzene rings is 3. The van der Waals surface area contributed by atoms with Crippen molar-refractivity contribution in [3.05, 3.63) is 127 Å². The number of rotatable bonds is 9. The number of nitrogens with one attached hydrogen (secondary N) is 2. The first-order valence-electron chi connectivity index (χ1n) is 25.2. The molecule has 0 unspecified atom stereocenters. The van der Waals surface area contributed by atoms with Crippen LogP contribution in [0.3, 0.4) is 0 Å². The summed E-state index contributed by atoms with van der Waals surface area (Å²) in [5.74, 6) is -5.80. The summed E-state index contributed by atoms with van der Waals surface area (Å²) in [4.78, 5) is 45.9. The summed E-state index contributed by atoms with van der Waals surface area (Å²) in [6.07, 6.45) is 17.3. The van der Waals surface area contributed by atoms with Crippen LogP contribution in [0.25, 0.3) is 55.5 Å². The van der Waals surface area contributed by atoms with E-state index in [0.717, 1.165) is 19.5 Å². The van der Waals surface area contributed by atoms with Gasteiger partial charge in [-0.1, -0.05) is 0 Å². The van der Waals surface area contributed by atoms with Crippen LogP contribution in [0.2, 0.25) is 0 Å². The van der Waals surface area contributed by atoms with Gasteiger partial charge in [0, 0.05) is 62.0 Å². The summed E-state index contributed by atoms with van der Waals surface area (Å²) in [6.45, 7) is 8.51. The molecule has 3 aromatic carbocycles. The van der Waals surface area contributed by atoms with Crippen LogP contribution in [0.5, 0.6) is 17.2 Å². The lowest BCUT2D eigenvalue weighted by atomic mass is 9.99. The normalized spacial score (nSPS) is 15.5. The molecular formula is C51H49F5N20O6. The Labute approximate surface area is 457 Å². The van der Waals surface area contributed by atoms with Gasteiger partial charge in [0.15, 0.2) is 29.0 Å². The zero-order chi connectivity index (χ0) is 58.3. The van der Waals surface area contributed by atoms with E-state index in [0.29, 0.717) is 42.8 Å². The van der Waals surface area contributed by atoms with Crippen molar-refractivity contribution in [3.63, 3.8) is 0 Å². The van der Waals surface area contributed by atoms with E-state index in [9.17, 15) is 31.9 Å². The number of nitrogens with zero attached hydrogens (tertiary/aromatic N) is 14. The van der Waals surface area contributed by atoms with E-state index < -0.39 is 56.7 Å². The van der Waals surface area contributed by atoms with Gasteiger partial charge in [0.25, 0.3) is 0 Å². The Morgan fingerprint density at radius 3 is 1.46 bits per heavy atom. The Bertz CT molecular complexity index is 4280. The number of pyridine rings is 3. The Balaban J connectivity index is 0.000000130. The van der Waals surface area contributed by atoms with Crippen LogP contribution in [0, 0.1) is 40.4 Å². The lowest BCUT2D eigenvalue weighted by Crippen LogP contribution is -2.26. The predicted octanol–water partition coefficient (Wildman–Crippen LogP) is 4.60. The fourth-order valence-corrected chi connectivity index (χ4v) is 9.76. The van der Waals surface area contributed by atoms with Crippen molar-refractivity contribution >= 4 is 49.8 Å². The summed E-state index contributed by atoms with van der Waals surface area (Å²) in [7, 11) is 0. The van der Waals surface area contributed by atoms with Crippen molar-refractivity contribution < 1.29 is 36.2 Å². The molecule has 0 aliphatic carbocycles. The van der Waals surface area contributed by atoms with Gasteiger partial charge in [-0.05, 0) is 57.0 Å². The monoisotopic (exact) mass is 1130 g/mol. The second-order valence-electron chi connectivity index (χ2n) is 19.2. The molecule has 424 valence electrons. The third kappa shape index (κ3) is 9.66. The first-order valence-corrected chi connectivity index (χ1v) is 25.2. The van der Waals surface area contributed by atoms with Crippen molar-refractivity contribution in [2.24, 2.45) is 5.73 Å². The summed E-state index contributed by atoms with van der Waals surface area (Å²) >= 11 is 0. The van der Waals surface area contributed by atoms with E-state index in [2.05, 4.69) is 51.2 Å². The van der Waals surface area contributed by atoms with Gasteiger partial charge in [-0.2, -0.15) is 24.5 Å². The molecular weight excluding hydrogens is 1080 g/mol. The molecule has 0 saturated heterocycles. The summed E-state index contributed by atoms with van der Waals surface area (Å²) < 4.78 is 96.5. The highest BCUT2D eigenvalue weighted by atomic mass is 19.2. The highest BCUT2D eigenvalue weighted by Gasteiger charge is 2.33. The minimum absolute atomic E-state index is 0.0463. The van der Waals surface area contributed by atoms with E-state index in [1.165, 1.54) is 17.0 Å². The standard InChI is InChI=1S/C19H19FN8O2.C13H10F2N6O2.C13H9F2N3O2.C6H11N3/c1-10-8-30-18-11(3-2-5-27-6-4-22-9-27)14(20)15(21)13-16(18)28(10)7-12(17(13)29)19-23-25-26-24-19;1-4-3-23-12-8(15)7(14)9(16)6-10(12)21(4)2-5(11(6)22)13-17-19-20-18-13;1-5-4-20-13-9(15)8(14)10(17)7-11(13)18(5)3-6(2-16)12(7)19;7-2-1-4-9-5-3-8-6-9/h4,6-7,9-10H,2-3,5,8,21H2,1H3,(H,23,24,25,26);2,4H,3,16H2,1H3,(H,17,18,19,20);3,5H,4,17H2,1H3;3,5-6H,1-2,4,7H2/t10-;4-;5-;/m000./s1. The number of halogens is 5. The fraction of sp³-hybridized carbons (Fsp3) is 0.294. The second kappa shape index (κ2) is 22.5. The first kappa shape index (κ1) is 55.1. The third-order valence-electron chi connectivity index (χ3n) is 13.9. The molecule has 10 aromatic rings. The maximum atomic E-state index is 15.3. The summed E-state index contributed by atoms with van der Waals surface area (Å²) in [5.41, 5.74) is 20.7. The van der Waals surface area contributed by atoms with Gasteiger partial charge in [-0.15, -0.1) is 20.4 Å². The molecule has 13 rings (SSSR count). The molecule has 26 nitrogen and oxygen atoms in total. The molecule has 7 aromatic heterocycles. The van der Waals surface area contributed by atoms with Gasteiger partial charge >= 0.3 is 0 Å². The minimum Gasteiger partial charge on any atom is -0.489 e. The third-order valence-corrected chi connectivity index (χ3v) is 13.9. The number of hydrogen-bond acceptors (Lipinski definition) is 19. The van der Waals surface area contributed by atoms with Crippen molar-refractivity contribution in [1.29, 1.82) is 5.26 Å². The summed E-state index contributed by atoms with van der Waals surface area (Å²) in [6, 6.07) is 1.20. The van der Waals surface area contributed by atoms with Crippen LogP contribution in [-0.2, 0) is 19.5 Å². The van der Waals surface area contributed by atoms with E-state index in [1.54, 1.807) is 48.8 Å². The zero-order valence-corrected chi connectivity index (χ0v) is 43.7. The molecule has 0 fully saturated rings. The largest absolute Gasteiger partial charge is 0.489 e. The summed E-state index contributed by atoms with van der Waals surface area (Å²) in [5, 5.41) is 35.5. The number of nitrogens with two attached hydrogens (primary N) is 4. The Kier molecular flexibility index (Phi) is 15.1. The lowest BCUT2D eigenvalue weighted by Gasteiger charge is -2.29. The van der Waals surface area contributed by atoms with Gasteiger partial charge in [0.1, 0.15) is 48.2 Å². The number of ether oxygens (including phenoxy) is 3. The molecule has 3 aliphatic heterocycles. The number of anilines is 3.